The molecule has 3 rings (SSSR count). The zero-order chi connectivity index (χ0) is 21.7. The van der Waals surface area contributed by atoms with Crippen LogP contribution in [0.1, 0.15) is 30.1 Å². The molecule has 0 unspecified atom stereocenters. The largest absolute Gasteiger partial charge is 0.460 e. The van der Waals surface area contributed by atoms with Gasteiger partial charge in [-0.3, -0.25) is 4.79 Å². The number of nitriles is 1. The number of nitrogens with zero attached hydrogens (tertiary/aromatic N) is 4. The molecule has 3 heterocycles. The Morgan fingerprint density at radius 2 is 2.23 bits per heavy atom. The van der Waals surface area contributed by atoms with Crippen LogP contribution in [-0.2, 0) is 14.3 Å². The molecule has 1 saturated heterocycles. The third-order valence-corrected chi connectivity index (χ3v) is 5.65. The van der Waals surface area contributed by atoms with E-state index in [2.05, 4.69) is 16.9 Å². The molecule has 1 aliphatic heterocycles. The van der Waals surface area contributed by atoms with Gasteiger partial charge < -0.3 is 24.3 Å². The van der Waals surface area contributed by atoms with E-state index in [1.165, 1.54) is 6.20 Å². The Morgan fingerprint density at radius 1 is 1.43 bits per heavy atom. The molecule has 160 valence electrons. The SMILES string of the molecule is COCCOC(=O)c1cnc2[nH]ccc2c1N(C)[C@H]1CN(C(=O)CC#N)CC[C@H]1C. The average Bonchev–Trinajstić information content (AvgIpc) is 3.22. The van der Waals surface area contributed by atoms with Crippen molar-refractivity contribution in [1.82, 2.24) is 14.9 Å². The van der Waals surface area contributed by atoms with Gasteiger partial charge in [0.1, 0.15) is 24.2 Å². The summed E-state index contributed by atoms with van der Waals surface area (Å²) in [7, 11) is 3.47. The van der Waals surface area contributed by atoms with Crippen LogP contribution in [0, 0.1) is 17.2 Å². The number of carbonyl (C=O) groups excluding carboxylic acids is 2. The first kappa shape index (κ1) is 21.6. The number of piperidine rings is 1. The Bertz CT molecular complexity index is 951. The zero-order valence-corrected chi connectivity index (χ0v) is 17.6. The van der Waals surface area contributed by atoms with Crippen molar-refractivity contribution in [3.8, 4) is 6.07 Å². The highest BCUT2D eigenvalue weighted by molar-refractivity contribution is 6.04. The number of esters is 1. The lowest BCUT2D eigenvalue weighted by atomic mass is 9.91. The maximum Gasteiger partial charge on any atom is 0.341 e. The van der Waals surface area contributed by atoms with Gasteiger partial charge in [-0.2, -0.15) is 5.26 Å². The summed E-state index contributed by atoms with van der Waals surface area (Å²) in [5.41, 5.74) is 1.76. The summed E-state index contributed by atoms with van der Waals surface area (Å²) in [5, 5.41) is 9.69. The number of likely N-dealkylation sites (tertiary alicyclic amines) is 1. The molecule has 0 spiro atoms. The van der Waals surface area contributed by atoms with Gasteiger partial charge in [-0.15, -0.1) is 0 Å². The number of methoxy groups -OCH3 is 1. The van der Waals surface area contributed by atoms with Crippen LogP contribution in [0.5, 0.6) is 0 Å². The van der Waals surface area contributed by atoms with Crippen LogP contribution >= 0.6 is 0 Å². The summed E-state index contributed by atoms with van der Waals surface area (Å²) in [6, 6.07) is 3.79. The number of anilines is 1. The number of ether oxygens (including phenoxy) is 2. The normalized spacial score (nSPS) is 18.8. The second-order valence-corrected chi connectivity index (χ2v) is 7.51. The number of H-pyrrole nitrogens is 1. The lowest BCUT2D eigenvalue weighted by Gasteiger charge is -2.43. The van der Waals surface area contributed by atoms with E-state index in [0.717, 1.165) is 17.5 Å². The molecule has 2 atom stereocenters. The van der Waals surface area contributed by atoms with Crippen LogP contribution < -0.4 is 4.90 Å². The monoisotopic (exact) mass is 413 g/mol. The number of pyridine rings is 1. The first-order valence-electron chi connectivity index (χ1n) is 9.97. The summed E-state index contributed by atoms with van der Waals surface area (Å²) in [6.07, 6.45) is 3.99. The highest BCUT2D eigenvalue weighted by atomic mass is 16.6. The van der Waals surface area contributed by atoms with Crippen LogP contribution in [0.15, 0.2) is 18.5 Å². The first-order valence-corrected chi connectivity index (χ1v) is 9.97. The van der Waals surface area contributed by atoms with Crippen LogP contribution in [-0.4, -0.2) is 73.2 Å². The highest BCUT2D eigenvalue weighted by Crippen LogP contribution is 2.34. The van der Waals surface area contributed by atoms with Crippen molar-refractivity contribution in [2.24, 2.45) is 5.92 Å². The van der Waals surface area contributed by atoms with Crippen molar-refractivity contribution >= 4 is 28.6 Å². The fourth-order valence-electron chi connectivity index (χ4n) is 3.94. The van der Waals surface area contributed by atoms with Gasteiger partial charge in [-0.25, -0.2) is 9.78 Å². The van der Waals surface area contributed by atoms with E-state index in [4.69, 9.17) is 14.7 Å². The predicted molar refractivity (Wildman–Crippen MR) is 111 cm³/mol. The summed E-state index contributed by atoms with van der Waals surface area (Å²) < 4.78 is 10.3. The molecule has 0 saturated carbocycles. The summed E-state index contributed by atoms with van der Waals surface area (Å²) >= 11 is 0. The molecular weight excluding hydrogens is 386 g/mol. The minimum Gasteiger partial charge on any atom is -0.460 e. The second-order valence-electron chi connectivity index (χ2n) is 7.51. The third-order valence-electron chi connectivity index (χ3n) is 5.65. The number of likely N-dealkylation sites (N-methyl/N-ethyl adjacent to an activating group) is 1. The lowest BCUT2D eigenvalue weighted by molar-refractivity contribution is -0.131. The maximum atomic E-state index is 12.8. The third kappa shape index (κ3) is 4.39. The van der Waals surface area contributed by atoms with Crippen molar-refractivity contribution in [2.75, 3.05) is 45.4 Å². The number of aromatic amines is 1. The number of amides is 1. The van der Waals surface area contributed by atoms with Crippen molar-refractivity contribution in [3.05, 3.63) is 24.0 Å². The van der Waals surface area contributed by atoms with Crippen molar-refractivity contribution in [3.63, 3.8) is 0 Å². The zero-order valence-electron chi connectivity index (χ0n) is 17.6. The second kappa shape index (κ2) is 9.59. The van der Waals surface area contributed by atoms with Crippen LogP contribution in [0.25, 0.3) is 11.0 Å². The van der Waals surface area contributed by atoms with Gasteiger partial charge in [0.25, 0.3) is 0 Å². The van der Waals surface area contributed by atoms with Gasteiger partial charge in [0.15, 0.2) is 0 Å². The number of fused-ring (bicyclic) bond motifs is 1. The van der Waals surface area contributed by atoms with Crippen molar-refractivity contribution in [2.45, 2.75) is 25.8 Å². The Morgan fingerprint density at radius 3 is 2.97 bits per heavy atom. The minimum absolute atomic E-state index is 0.0209. The first-order chi connectivity index (χ1) is 14.5. The van der Waals surface area contributed by atoms with Crippen LogP contribution in [0.3, 0.4) is 0 Å². The lowest BCUT2D eigenvalue weighted by Crippen LogP contribution is -2.52. The number of hydrogen-bond acceptors (Lipinski definition) is 7. The summed E-state index contributed by atoms with van der Waals surface area (Å²) in [6.45, 7) is 3.73. The van der Waals surface area contributed by atoms with Gasteiger partial charge in [0.2, 0.25) is 5.91 Å². The van der Waals surface area contributed by atoms with E-state index in [0.29, 0.717) is 36.8 Å². The van der Waals surface area contributed by atoms with E-state index >= 15 is 0 Å². The molecule has 9 nitrogen and oxygen atoms in total. The molecule has 1 N–H and O–H groups in total. The molecule has 2 aromatic heterocycles. The quantitative estimate of drug-likeness (QED) is 0.545. The highest BCUT2D eigenvalue weighted by Gasteiger charge is 2.34. The molecule has 30 heavy (non-hydrogen) atoms. The van der Waals surface area contributed by atoms with Gasteiger partial charge in [0.05, 0.1) is 18.4 Å². The number of carbonyl (C=O) groups is 2. The maximum absolute atomic E-state index is 12.8. The van der Waals surface area contributed by atoms with E-state index in [1.54, 1.807) is 18.2 Å². The minimum atomic E-state index is -0.467. The fraction of sp³-hybridized carbons (Fsp3) is 0.524. The van der Waals surface area contributed by atoms with E-state index < -0.39 is 5.97 Å². The van der Waals surface area contributed by atoms with Crippen molar-refractivity contribution < 1.29 is 19.1 Å². The molecule has 1 aliphatic rings. The predicted octanol–water partition coefficient (Wildman–Crippen LogP) is 1.95. The standard InChI is InChI=1S/C21H27N5O4/c1-14-6-9-26(18(27)4-7-22)13-17(14)25(2)19-15-5-8-23-20(15)24-12-16(19)21(28)30-11-10-29-3/h5,8,12,14,17H,4,6,9-11,13H2,1-3H3,(H,23,24)/t14-,17+/m1/s1. The van der Waals surface area contributed by atoms with E-state index in [9.17, 15) is 9.59 Å². The average molecular weight is 413 g/mol. The van der Waals surface area contributed by atoms with E-state index in [1.807, 2.05) is 24.1 Å². The topological polar surface area (TPSA) is 112 Å². The molecule has 0 aliphatic carbocycles. The molecule has 0 radical (unpaired) electrons. The van der Waals surface area contributed by atoms with Gasteiger partial charge in [-0.05, 0) is 18.4 Å². The smallest absolute Gasteiger partial charge is 0.341 e. The molecule has 1 amide bonds. The van der Waals surface area contributed by atoms with Gasteiger partial charge in [-0.1, -0.05) is 6.92 Å². The van der Waals surface area contributed by atoms with E-state index in [-0.39, 0.29) is 25.0 Å². The number of hydrogen-bond donors (Lipinski definition) is 1. The summed E-state index contributed by atoms with van der Waals surface area (Å²) in [5.74, 6) is -0.338. The summed E-state index contributed by atoms with van der Waals surface area (Å²) in [4.78, 5) is 36.3. The number of rotatable bonds is 7. The number of nitrogens with one attached hydrogen (secondary N) is 1. The van der Waals surface area contributed by atoms with Crippen LogP contribution in [0.2, 0.25) is 0 Å². The Hall–Kier alpha value is -3.12. The fourth-order valence-corrected chi connectivity index (χ4v) is 3.94. The Labute approximate surface area is 175 Å². The Kier molecular flexibility index (Phi) is 6.90. The van der Waals surface area contributed by atoms with Gasteiger partial charge >= 0.3 is 5.97 Å². The molecule has 9 heteroatoms. The Balaban J connectivity index is 1.94. The molecule has 0 bridgehead atoms. The molecular formula is C21H27N5O4. The van der Waals surface area contributed by atoms with Gasteiger partial charge in [0, 0.05) is 51.1 Å². The number of aromatic nitrogens is 2. The molecule has 2 aromatic rings. The molecule has 0 aromatic carbocycles. The van der Waals surface area contributed by atoms with Crippen molar-refractivity contribution in [1.29, 1.82) is 5.26 Å². The molecule has 1 fully saturated rings. The van der Waals surface area contributed by atoms with Crippen LogP contribution in [0.4, 0.5) is 5.69 Å².